The maximum atomic E-state index is 11.8. The standard InChI is InChI=1S/C11H12O6S2/c1-3-15-8(12)7(10-18-5-6-19-10)9(13)17-11(14)16-4-2/h5-6H,3-4H2,1-2H3. The van der Waals surface area contributed by atoms with E-state index in [9.17, 15) is 14.4 Å². The Balaban J connectivity index is 2.85. The molecule has 0 bridgehead atoms. The molecule has 0 saturated carbocycles. The van der Waals surface area contributed by atoms with Crippen molar-refractivity contribution < 1.29 is 28.6 Å². The molecule has 1 aliphatic heterocycles. The second-order valence-corrected chi connectivity index (χ2v) is 5.05. The van der Waals surface area contributed by atoms with Crippen molar-refractivity contribution in [1.82, 2.24) is 0 Å². The zero-order chi connectivity index (χ0) is 14.3. The first kappa shape index (κ1) is 15.6. The number of esters is 2. The third-order valence-corrected chi connectivity index (χ3v) is 3.86. The molecule has 0 aromatic heterocycles. The van der Waals surface area contributed by atoms with Gasteiger partial charge in [0, 0.05) is 0 Å². The molecule has 1 rings (SSSR count). The lowest BCUT2D eigenvalue weighted by atomic mass is 10.3. The summed E-state index contributed by atoms with van der Waals surface area (Å²) in [6.07, 6.45) is -1.14. The summed E-state index contributed by atoms with van der Waals surface area (Å²) in [7, 11) is 0. The van der Waals surface area contributed by atoms with Crippen molar-refractivity contribution in [3.8, 4) is 0 Å². The van der Waals surface area contributed by atoms with E-state index < -0.39 is 18.1 Å². The first-order valence-corrected chi connectivity index (χ1v) is 7.14. The molecule has 104 valence electrons. The molecular weight excluding hydrogens is 292 g/mol. The van der Waals surface area contributed by atoms with Crippen LogP contribution in [-0.2, 0) is 23.8 Å². The van der Waals surface area contributed by atoms with E-state index in [1.54, 1.807) is 24.7 Å². The van der Waals surface area contributed by atoms with Gasteiger partial charge in [-0.3, -0.25) is 0 Å². The monoisotopic (exact) mass is 304 g/mol. The molecule has 0 N–H and O–H groups in total. The van der Waals surface area contributed by atoms with E-state index in [0.717, 1.165) is 0 Å². The normalized spacial score (nSPS) is 13.1. The molecular formula is C11H12O6S2. The van der Waals surface area contributed by atoms with Crippen LogP contribution < -0.4 is 0 Å². The summed E-state index contributed by atoms with van der Waals surface area (Å²) in [5.41, 5.74) is -0.296. The van der Waals surface area contributed by atoms with Crippen LogP contribution in [0.1, 0.15) is 13.8 Å². The number of hydrogen-bond acceptors (Lipinski definition) is 8. The molecule has 0 spiro atoms. The highest BCUT2D eigenvalue weighted by atomic mass is 32.2. The summed E-state index contributed by atoms with van der Waals surface area (Å²) >= 11 is 2.36. The average Bonchev–Trinajstić information content (AvgIpc) is 2.83. The van der Waals surface area contributed by atoms with Crippen molar-refractivity contribution in [3.63, 3.8) is 0 Å². The van der Waals surface area contributed by atoms with Gasteiger partial charge in [0.1, 0.15) is 0 Å². The number of thioether (sulfide) groups is 2. The predicted molar refractivity (Wildman–Crippen MR) is 71.1 cm³/mol. The van der Waals surface area contributed by atoms with Gasteiger partial charge in [0.15, 0.2) is 5.57 Å². The van der Waals surface area contributed by atoms with Crippen molar-refractivity contribution in [3.05, 3.63) is 20.6 Å². The van der Waals surface area contributed by atoms with Gasteiger partial charge in [0.25, 0.3) is 0 Å². The van der Waals surface area contributed by atoms with E-state index in [1.807, 2.05) is 0 Å². The maximum Gasteiger partial charge on any atom is 0.516 e. The van der Waals surface area contributed by atoms with Gasteiger partial charge in [-0.2, -0.15) is 0 Å². The molecule has 1 heterocycles. The molecule has 8 heteroatoms. The number of hydrogen-bond donors (Lipinski definition) is 0. The van der Waals surface area contributed by atoms with Gasteiger partial charge in [-0.25, -0.2) is 14.4 Å². The van der Waals surface area contributed by atoms with Crippen molar-refractivity contribution in [1.29, 1.82) is 0 Å². The van der Waals surface area contributed by atoms with Gasteiger partial charge in [-0.15, -0.1) is 0 Å². The SMILES string of the molecule is CCOC(=O)OC(=O)C(C(=O)OCC)=C1SC=CS1. The van der Waals surface area contributed by atoms with Gasteiger partial charge in [-0.05, 0) is 24.7 Å². The van der Waals surface area contributed by atoms with Crippen LogP contribution in [0.3, 0.4) is 0 Å². The number of carbonyl (C=O) groups is 3. The van der Waals surface area contributed by atoms with Crippen molar-refractivity contribution in [2.24, 2.45) is 0 Å². The van der Waals surface area contributed by atoms with E-state index >= 15 is 0 Å². The lowest BCUT2D eigenvalue weighted by Crippen LogP contribution is -2.22. The summed E-state index contributed by atoms with van der Waals surface area (Å²) in [5, 5.41) is 3.41. The van der Waals surface area contributed by atoms with Crippen LogP contribution in [0, 0.1) is 0 Å². The summed E-state index contributed by atoms with van der Waals surface area (Å²) < 4.78 is 14.1. The lowest BCUT2D eigenvalue weighted by Gasteiger charge is -2.08. The zero-order valence-corrected chi connectivity index (χ0v) is 12.0. The second-order valence-electron chi connectivity index (χ2n) is 2.96. The van der Waals surface area contributed by atoms with Gasteiger partial charge in [-0.1, -0.05) is 23.5 Å². The van der Waals surface area contributed by atoms with E-state index in [-0.39, 0.29) is 18.8 Å². The molecule has 0 radical (unpaired) electrons. The van der Waals surface area contributed by atoms with E-state index in [0.29, 0.717) is 4.24 Å². The van der Waals surface area contributed by atoms with Crippen molar-refractivity contribution in [2.75, 3.05) is 13.2 Å². The Morgan fingerprint density at radius 1 is 1.00 bits per heavy atom. The topological polar surface area (TPSA) is 78.9 Å². The molecule has 0 atom stereocenters. The number of carbonyl (C=O) groups excluding carboxylic acids is 3. The summed E-state index contributed by atoms with van der Waals surface area (Å²) in [4.78, 5) is 34.6. The van der Waals surface area contributed by atoms with Crippen LogP contribution in [0.5, 0.6) is 0 Å². The first-order chi connectivity index (χ1) is 9.10. The number of rotatable bonds is 4. The van der Waals surface area contributed by atoms with Crippen molar-refractivity contribution in [2.45, 2.75) is 13.8 Å². The summed E-state index contributed by atoms with van der Waals surface area (Å²) in [6, 6.07) is 0. The maximum absolute atomic E-state index is 11.8. The highest BCUT2D eigenvalue weighted by Gasteiger charge is 2.29. The fourth-order valence-corrected chi connectivity index (χ4v) is 2.87. The molecule has 0 aliphatic carbocycles. The highest BCUT2D eigenvalue weighted by molar-refractivity contribution is 8.27. The Hall–Kier alpha value is -1.41. The zero-order valence-electron chi connectivity index (χ0n) is 10.3. The third-order valence-electron chi connectivity index (χ3n) is 1.73. The van der Waals surface area contributed by atoms with Gasteiger partial charge < -0.3 is 14.2 Å². The second kappa shape index (κ2) is 7.90. The Kier molecular flexibility index (Phi) is 6.51. The predicted octanol–water partition coefficient (Wildman–Crippen LogP) is 2.41. The molecule has 0 unspecified atom stereocenters. The van der Waals surface area contributed by atoms with E-state index in [2.05, 4.69) is 9.47 Å². The van der Waals surface area contributed by atoms with Crippen LogP contribution >= 0.6 is 23.5 Å². The molecule has 1 aliphatic rings. The summed E-state index contributed by atoms with van der Waals surface area (Å²) in [6.45, 7) is 3.38. The minimum atomic E-state index is -1.14. The largest absolute Gasteiger partial charge is 0.516 e. The molecule has 0 fully saturated rings. The Labute approximate surface area is 118 Å². The minimum Gasteiger partial charge on any atom is -0.462 e. The minimum absolute atomic E-state index is 0.0719. The van der Waals surface area contributed by atoms with Gasteiger partial charge in [0.2, 0.25) is 0 Å². The molecule has 0 saturated heterocycles. The molecule has 0 amide bonds. The fourth-order valence-electron chi connectivity index (χ4n) is 1.05. The van der Waals surface area contributed by atoms with Gasteiger partial charge >= 0.3 is 18.1 Å². The lowest BCUT2D eigenvalue weighted by molar-refractivity contribution is -0.144. The molecule has 0 aromatic carbocycles. The van der Waals surface area contributed by atoms with Crippen LogP contribution in [0.15, 0.2) is 20.6 Å². The van der Waals surface area contributed by atoms with E-state index in [4.69, 9.17) is 4.74 Å². The highest BCUT2D eigenvalue weighted by Crippen LogP contribution is 2.40. The molecule has 19 heavy (non-hydrogen) atoms. The summed E-state index contributed by atoms with van der Waals surface area (Å²) in [5.74, 6) is -1.90. The van der Waals surface area contributed by atoms with E-state index in [1.165, 1.54) is 23.5 Å². The van der Waals surface area contributed by atoms with Gasteiger partial charge in [0.05, 0.1) is 17.5 Å². The fraction of sp³-hybridized carbons (Fsp3) is 0.364. The van der Waals surface area contributed by atoms with Crippen LogP contribution in [0.25, 0.3) is 0 Å². The quantitative estimate of drug-likeness (QED) is 0.339. The Morgan fingerprint density at radius 2 is 1.58 bits per heavy atom. The van der Waals surface area contributed by atoms with Crippen LogP contribution in [0.2, 0.25) is 0 Å². The van der Waals surface area contributed by atoms with Crippen molar-refractivity contribution >= 4 is 41.6 Å². The Morgan fingerprint density at radius 3 is 2.11 bits per heavy atom. The first-order valence-electron chi connectivity index (χ1n) is 5.38. The molecule has 0 aromatic rings. The third kappa shape index (κ3) is 4.64. The smallest absolute Gasteiger partial charge is 0.462 e. The molecule has 6 nitrogen and oxygen atoms in total. The average molecular weight is 304 g/mol. The van der Waals surface area contributed by atoms with Crippen LogP contribution in [-0.4, -0.2) is 31.3 Å². The number of ether oxygens (including phenoxy) is 3. The Bertz CT molecular complexity index is 430. The van der Waals surface area contributed by atoms with Crippen LogP contribution in [0.4, 0.5) is 4.79 Å².